The number of fused-ring (bicyclic) bond motifs is 1. The summed E-state index contributed by atoms with van der Waals surface area (Å²) in [5.41, 5.74) is 1.66. The van der Waals surface area contributed by atoms with E-state index in [1.165, 1.54) is 23.4 Å². The predicted octanol–water partition coefficient (Wildman–Crippen LogP) is 1.78. The van der Waals surface area contributed by atoms with Crippen molar-refractivity contribution in [1.82, 2.24) is 15.1 Å². The molecule has 4 rings (SSSR count). The summed E-state index contributed by atoms with van der Waals surface area (Å²) in [7, 11) is 0. The lowest BCUT2D eigenvalue weighted by Gasteiger charge is -2.25. The molecule has 0 bridgehead atoms. The minimum atomic E-state index is 0.00798. The van der Waals surface area contributed by atoms with Crippen LogP contribution in [0.4, 0.5) is 0 Å². The fourth-order valence-electron chi connectivity index (χ4n) is 4.45. The Labute approximate surface area is 149 Å². The van der Waals surface area contributed by atoms with Crippen LogP contribution in [0.25, 0.3) is 0 Å². The average molecular weight is 341 g/mol. The van der Waals surface area contributed by atoms with E-state index in [2.05, 4.69) is 40.5 Å². The topological polar surface area (TPSA) is 52.7 Å². The van der Waals surface area contributed by atoms with Crippen molar-refractivity contribution < 1.29 is 9.59 Å². The van der Waals surface area contributed by atoms with Crippen LogP contribution in [0.15, 0.2) is 30.3 Å². The van der Waals surface area contributed by atoms with Gasteiger partial charge in [-0.05, 0) is 37.3 Å². The fourth-order valence-corrected chi connectivity index (χ4v) is 4.45. The zero-order chi connectivity index (χ0) is 17.3. The molecule has 0 radical (unpaired) electrons. The predicted molar refractivity (Wildman–Crippen MR) is 95.7 cm³/mol. The normalized spacial score (nSPS) is 29.1. The first-order valence-corrected chi connectivity index (χ1v) is 9.51. The van der Waals surface area contributed by atoms with Crippen LogP contribution < -0.4 is 5.32 Å². The van der Waals surface area contributed by atoms with Gasteiger partial charge in [0.1, 0.15) is 0 Å². The van der Waals surface area contributed by atoms with Crippen molar-refractivity contribution in [3.63, 3.8) is 0 Å². The summed E-state index contributed by atoms with van der Waals surface area (Å²) in [5, 5.41) is 3.73. The van der Waals surface area contributed by atoms with Crippen LogP contribution in [0, 0.1) is 5.92 Å². The van der Waals surface area contributed by atoms with Gasteiger partial charge in [-0.25, -0.2) is 0 Å². The highest BCUT2D eigenvalue weighted by atomic mass is 16.2. The van der Waals surface area contributed by atoms with E-state index in [1.807, 2.05) is 0 Å². The zero-order valence-corrected chi connectivity index (χ0v) is 14.7. The molecular formula is C20H27N3O2. The van der Waals surface area contributed by atoms with E-state index >= 15 is 0 Å². The molecule has 2 aliphatic heterocycles. The molecule has 5 nitrogen and oxygen atoms in total. The number of likely N-dealkylation sites (tertiary alicyclic amines) is 2. The van der Waals surface area contributed by atoms with Crippen molar-refractivity contribution in [2.24, 2.45) is 5.92 Å². The second kappa shape index (κ2) is 6.89. The van der Waals surface area contributed by atoms with Gasteiger partial charge in [-0.15, -0.1) is 0 Å². The highest BCUT2D eigenvalue weighted by Crippen LogP contribution is 2.49. The van der Waals surface area contributed by atoms with Crippen LogP contribution in [-0.2, 0) is 16.1 Å². The second-order valence-corrected chi connectivity index (χ2v) is 7.79. The standard InChI is InChI=1S/C20H27N3O2/c24-18-8-4-9-19(25)23(18)11-5-10-21-20-12-17(20)14-22(15-20)13-16-6-2-1-3-7-16/h1-3,6-7,17,21H,4-5,8-15H2. The number of rotatable bonds is 7. The number of nitrogens with one attached hydrogen (secondary N) is 1. The van der Waals surface area contributed by atoms with Gasteiger partial charge < -0.3 is 5.32 Å². The van der Waals surface area contributed by atoms with Crippen molar-refractivity contribution in [2.75, 3.05) is 26.2 Å². The molecule has 2 amide bonds. The molecule has 0 spiro atoms. The van der Waals surface area contributed by atoms with Crippen LogP contribution in [-0.4, -0.2) is 53.3 Å². The van der Waals surface area contributed by atoms with Crippen LogP contribution in [0.2, 0.25) is 0 Å². The van der Waals surface area contributed by atoms with E-state index in [4.69, 9.17) is 0 Å². The van der Waals surface area contributed by atoms with Gasteiger partial charge in [0.05, 0.1) is 0 Å². The molecule has 25 heavy (non-hydrogen) atoms. The smallest absolute Gasteiger partial charge is 0.229 e. The maximum atomic E-state index is 11.8. The Hall–Kier alpha value is -1.72. The zero-order valence-electron chi connectivity index (χ0n) is 14.7. The lowest BCUT2D eigenvalue weighted by Crippen LogP contribution is -2.43. The van der Waals surface area contributed by atoms with E-state index in [0.717, 1.165) is 32.0 Å². The third-order valence-electron chi connectivity index (χ3n) is 5.88. The third-order valence-corrected chi connectivity index (χ3v) is 5.88. The number of nitrogens with zero attached hydrogens (tertiary/aromatic N) is 2. The molecule has 2 unspecified atom stereocenters. The molecule has 5 heteroatoms. The maximum absolute atomic E-state index is 11.8. The first kappa shape index (κ1) is 16.7. The number of amides is 2. The Kier molecular flexibility index (Phi) is 4.61. The molecule has 1 N–H and O–H groups in total. The van der Waals surface area contributed by atoms with Crippen LogP contribution in [0.5, 0.6) is 0 Å². The van der Waals surface area contributed by atoms with Crippen molar-refractivity contribution >= 4 is 11.8 Å². The van der Waals surface area contributed by atoms with Gasteiger partial charge in [-0.1, -0.05) is 30.3 Å². The average Bonchev–Trinajstić information content (AvgIpc) is 3.15. The molecular weight excluding hydrogens is 314 g/mol. The van der Waals surface area contributed by atoms with Gasteiger partial charge >= 0.3 is 0 Å². The van der Waals surface area contributed by atoms with Crippen molar-refractivity contribution in [3.8, 4) is 0 Å². The summed E-state index contributed by atoms with van der Waals surface area (Å²) in [6.07, 6.45) is 3.89. The molecule has 1 saturated carbocycles. The Balaban J connectivity index is 1.20. The lowest BCUT2D eigenvalue weighted by molar-refractivity contribution is -0.147. The third kappa shape index (κ3) is 3.62. The highest BCUT2D eigenvalue weighted by Gasteiger charge is 2.59. The Bertz CT molecular complexity index is 632. The lowest BCUT2D eigenvalue weighted by atomic mass is 10.1. The van der Waals surface area contributed by atoms with E-state index < -0.39 is 0 Å². The second-order valence-electron chi connectivity index (χ2n) is 7.79. The summed E-state index contributed by atoms with van der Waals surface area (Å²) in [4.78, 5) is 27.6. The monoisotopic (exact) mass is 341 g/mol. The van der Waals surface area contributed by atoms with Gasteiger partial charge in [-0.3, -0.25) is 19.4 Å². The molecule has 2 atom stereocenters. The van der Waals surface area contributed by atoms with Gasteiger partial charge in [0, 0.05) is 44.6 Å². The maximum Gasteiger partial charge on any atom is 0.229 e. The molecule has 1 aromatic rings. The Morgan fingerprint density at radius 1 is 1.12 bits per heavy atom. The highest BCUT2D eigenvalue weighted by molar-refractivity contribution is 5.97. The van der Waals surface area contributed by atoms with Gasteiger partial charge in [-0.2, -0.15) is 0 Å². The fraction of sp³-hybridized carbons (Fsp3) is 0.600. The molecule has 2 saturated heterocycles. The minimum Gasteiger partial charge on any atom is -0.310 e. The van der Waals surface area contributed by atoms with Crippen LogP contribution in [0.1, 0.15) is 37.7 Å². The molecule has 3 fully saturated rings. The summed E-state index contributed by atoms with van der Waals surface area (Å²) in [6, 6.07) is 10.6. The van der Waals surface area contributed by atoms with E-state index in [0.29, 0.717) is 25.8 Å². The molecule has 0 aromatic heterocycles. The number of carbonyl (C=O) groups is 2. The summed E-state index contributed by atoms with van der Waals surface area (Å²) < 4.78 is 0. The summed E-state index contributed by atoms with van der Waals surface area (Å²) in [6.45, 7) is 4.75. The molecule has 2 heterocycles. The number of benzene rings is 1. The number of imide groups is 1. The van der Waals surface area contributed by atoms with Gasteiger partial charge in [0.25, 0.3) is 0 Å². The Morgan fingerprint density at radius 2 is 1.88 bits per heavy atom. The molecule has 3 aliphatic rings. The van der Waals surface area contributed by atoms with Crippen molar-refractivity contribution in [3.05, 3.63) is 35.9 Å². The van der Waals surface area contributed by atoms with Gasteiger partial charge in [0.2, 0.25) is 11.8 Å². The van der Waals surface area contributed by atoms with E-state index in [-0.39, 0.29) is 17.4 Å². The number of hydrogen-bond donors (Lipinski definition) is 1. The first-order chi connectivity index (χ1) is 12.2. The van der Waals surface area contributed by atoms with Crippen molar-refractivity contribution in [1.29, 1.82) is 0 Å². The summed E-state index contributed by atoms with van der Waals surface area (Å²) >= 11 is 0. The largest absolute Gasteiger partial charge is 0.310 e. The molecule has 1 aliphatic carbocycles. The number of hydrogen-bond acceptors (Lipinski definition) is 4. The van der Waals surface area contributed by atoms with Crippen LogP contribution in [0.3, 0.4) is 0 Å². The number of piperidine rings is 2. The molecule has 134 valence electrons. The van der Waals surface area contributed by atoms with Crippen LogP contribution >= 0.6 is 0 Å². The quantitative estimate of drug-likeness (QED) is 0.607. The molecule has 1 aromatic carbocycles. The van der Waals surface area contributed by atoms with Gasteiger partial charge in [0.15, 0.2) is 0 Å². The minimum absolute atomic E-state index is 0.00798. The van der Waals surface area contributed by atoms with E-state index in [9.17, 15) is 9.59 Å². The Morgan fingerprint density at radius 3 is 2.64 bits per heavy atom. The van der Waals surface area contributed by atoms with E-state index in [1.54, 1.807) is 0 Å². The first-order valence-electron chi connectivity index (χ1n) is 9.51. The number of carbonyl (C=O) groups excluding carboxylic acids is 2. The summed E-state index contributed by atoms with van der Waals surface area (Å²) in [5.74, 6) is 0.775. The van der Waals surface area contributed by atoms with Crippen molar-refractivity contribution in [2.45, 2.75) is 44.2 Å². The SMILES string of the molecule is O=C1CCCC(=O)N1CCCNC12CC1CN(Cc1ccccc1)C2.